The van der Waals surface area contributed by atoms with Crippen molar-refractivity contribution in [2.75, 3.05) is 13.2 Å². The zero-order valence-electron chi connectivity index (χ0n) is 13.8. The molecular formula is C20H16N2O4. The van der Waals surface area contributed by atoms with E-state index in [0.29, 0.717) is 24.7 Å². The number of carbonyl (C=O) groups is 1. The smallest absolute Gasteiger partial charge is 0.275 e. The van der Waals surface area contributed by atoms with Gasteiger partial charge in [0.1, 0.15) is 19.0 Å². The molecule has 1 aliphatic rings. The number of benzene rings is 3. The number of rotatable bonds is 3. The number of aromatic hydroxyl groups is 1. The van der Waals surface area contributed by atoms with E-state index in [1.807, 2.05) is 30.3 Å². The normalized spacial score (nSPS) is 13.1. The highest BCUT2D eigenvalue weighted by molar-refractivity contribution is 6.01. The number of phenolic OH excluding ortho intramolecular Hbond substituents is 1. The van der Waals surface area contributed by atoms with Crippen molar-refractivity contribution in [3.05, 3.63) is 65.7 Å². The van der Waals surface area contributed by atoms with Gasteiger partial charge < -0.3 is 14.6 Å². The van der Waals surface area contributed by atoms with Crippen molar-refractivity contribution in [3.8, 4) is 17.2 Å². The molecule has 1 amide bonds. The zero-order chi connectivity index (χ0) is 17.9. The Morgan fingerprint density at radius 2 is 1.73 bits per heavy atom. The van der Waals surface area contributed by atoms with Gasteiger partial charge in [-0.1, -0.05) is 24.3 Å². The van der Waals surface area contributed by atoms with Gasteiger partial charge in [-0.05, 0) is 46.7 Å². The lowest BCUT2D eigenvalue weighted by molar-refractivity contribution is 0.0952. The van der Waals surface area contributed by atoms with E-state index >= 15 is 0 Å². The predicted molar refractivity (Wildman–Crippen MR) is 98.1 cm³/mol. The summed E-state index contributed by atoms with van der Waals surface area (Å²) in [5.41, 5.74) is 3.36. The molecule has 4 rings (SSSR count). The Balaban J connectivity index is 1.50. The SMILES string of the molecule is O=C(N/N=C/c1ccc2c(c1)OCCO2)c1cc2ccccc2cc1O. The van der Waals surface area contributed by atoms with Gasteiger partial charge in [-0.25, -0.2) is 5.43 Å². The van der Waals surface area contributed by atoms with Gasteiger partial charge in [-0.2, -0.15) is 5.10 Å². The molecule has 0 spiro atoms. The van der Waals surface area contributed by atoms with E-state index in [9.17, 15) is 9.90 Å². The summed E-state index contributed by atoms with van der Waals surface area (Å²) in [6.45, 7) is 1.04. The number of ether oxygens (including phenoxy) is 2. The number of amides is 1. The summed E-state index contributed by atoms with van der Waals surface area (Å²) in [4.78, 5) is 12.3. The molecule has 0 saturated carbocycles. The molecule has 0 saturated heterocycles. The first-order valence-electron chi connectivity index (χ1n) is 8.15. The second-order valence-corrected chi connectivity index (χ2v) is 5.82. The maximum Gasteiger partial charge on any atom is 0.275 e. The van der Waals surface area contributed by atoms with Gasteiger partial charge in [0.25, 0.3) is 5.91 Å². The van der Waals surface area contributed by atoms with Crippen molar-refractivity contribution in [1.29, 1.82) is 0 Å². The summed E-state index contributed by atoms with van der Waals surface area (Å²) in [6, 6.07) is 16.1. The second-order valence-electron chi connectivity index (χ2n) is 5.82. The molecule has 0 unspecified atom stereocenters. The van der Waals surface area contributed by atoms with Gasteiger partial charge in [-0.15, -0.1) is 0 Å². The van der Waals surface area contributed by atoms with Crippen molar-refractivity contribution >= 4 is 22.9 Å². The summed E-state index contributed by atoms with van der Waals surface area (Å²) in [5.74, 6) is 0.773. The van der Waals surface area contributed by atoms with Crippen LogP contribution in [-0.2, 0) is 0 Å². The topological polar surface area (TPSA) is 80.2 Å². The van der Waals surface area contributed by atoms with Crippen LogP contribution in [-0.4, -0.2) is 30.4 Å². The predicted octanol–water partition coefficient (Wildman–Crippen LogP) is 3.08. The maximum atomic E-state index is 12.3. The molecule has 6 heteroatoms. The van der Waals surface area contributed by atoms with Gasteiger partial charge in [0.15, 0.2) is 11.5 Å². The fraction of sp³-hybridized carbons (Fsp3) is 0.100. The number of nitrogens with zero attached hydrogens (tertiary/aromatic N) is 1. The number of phenols is 1. The highest BCUT2D eigenvalue weighted by atomic mass is 16.6. The van der Waals surface area contributed by atoms with E-state index in [0.717, 1.165) is 16.3 Å². The lowest BCUT2D eigenvalue weighted by Gasteiger charge is -2.18. The number of hydrazone groups is 1. The van der Waals surface area contributed by atoms with Crippen LogP contribution in [0.15, 0.2) is 59.7 Å². The van der Waals surface area contributed by atoms with E-state index in [1.165, 1.54) is 6.21 Å². The summed E-state index contributed by atoms with van der Waals surface area (Å²) in [5, 5.41) is 15.8. The van der Waals surface area contributed by atoms with Crippen LogP contribution in [0.4, 0.5) is 0 Å². The van der Waals surface area contributed by atoms with Gasteiger partial charge in [0.2, 0.25) is 0 Å². The van der Waals surface area contributed by atoms with Crippen molar-refractivity contribution in [2.45, 2.75) is 0 Å². The minimum Gasteiger partial charge on any atom is -0.507 e. The summed E-state index contributed by atoms with van der Waals surface area (Å²) in [7, 11) is 0. The molecule has 6 nitrogen and oxygen atoms in total. The number of carbonyl (C=O) groups excluding carboxylic acids is 1. The molecule has 0 bridgehead atoms. The lowest BCUT2D eigenvalue weighted by atomic mass is 10.1. The maximum absolute atomic E-state index is 12.3. The molecule has 0 atom stereocenters. The first-order chi connectivity index (χ1) is 12.7. The largest absolute Gasteiger partial charge is 0.507 e. The third-order valence-electron chi connectivity index (χ3n) is 4.05. The standard InChI is InChI=1S/C20H16N2O4/c23-17-11-15-4-2-1-3-14(15)10-16(17)20(24)22-21-12-13-5-6-18-19(9-13)26-8-7-25-18/h1-6,9-12,23H,7-8H2,(H,22,24)/b21-12+. The highest BCUT2D eigenvalue weighted by Gasteiger charge is 2.13. The molecule has 0 fully saturated rings. The number of hydrogen-bond donors (Lipinski definition) is 2. The molecule has 0 aliphatic carbocycles. The third-order valence-corrected chi connectivity index (χ3v) is 4.05. The third kappa shape index (κ3) is 3.17. The van der Waals surface area contributed by atoms with E-state index in [1.54, 1.807) is 24.3 Å². The Kier molecular flexibility index (Phi) is 4.15. The Bertz CT molecular complexity index is 1010. The molecule has 26 heavy (non-hydrogen) atoms. The average molecular weight is 348 g/mol. The molecule has 0 radical (unpaired) electrons. The van der Waals surface area contributed by atoms with Crippen LogP contribution in [0.2, 0.25) is 0 Å². The lowest BCUT2D eigenvalue weighted by Crippen LogP contribution is -2.18. The summed E-state index contributed by atoms with van der Waals surface area (Å²) < 4.78 is 11.0. The molecular weight excluding hydrogens is 332 g/mol. The van der Waals surface area contributed by atoms with Crippen LogP contribution >= 0.6 is 0 Å². The fourth-order valence-electron chi connectivity index (χ4n) is 2.78. The Morgan fingerprint density at radius 3 is 2.54 bits per heavy atom. The Labute approximate surface area is 149 Å². The van der Waals surface area contributed by atoms with E-state index in [2.05, 4.69) is 10.5 Å². The number of hydrogen-bond acceptors (Lipinski definition) is 5. The quantitative estimate of drug-likeness (QED) is 0.563. The average Bonchev–Trinajstić information content (AvgIpc) is 2.67. The monoisotopic (exact) mass is 348 g/mol. The second kappa shape index (κ2) is 6.76. The molecule has 3 aromatic carbocycles. The van der Waals surface area contributed by atoms with Crippen LogP contribution < -0.4 is 14.9 Å². The molecule has 1 heterocycles. The van der Waals surface area contributed by atoms with Crippen molar-refractivity contribution in [2.24, 2.45) is 5.10 Å². The van der Waals surface area contributed by atoms with Crippen LogP contribution in [0.3, 0.4) is 0 Å². The van der Waals surface area contributed by atoms with Crippen LogP contribution in [0.5, 0.6) is 17.2 Å². The molecule has 3 aromatic rings. The minimum atomic E-state index is -0.484. The highest BCUT2D eigenvalue weighted by Crippen LogP contribution is 2.30. The fourth-order valence-corrected chi connectivity index (χ4v) is 2.78. The summed E-state index contributed by atoms with van der Waals surface area (Å²) in [6.07, 6.45) is 1.51. The van der Waals surface area contributed by atoms with Gasteiger partial charge in [-0.3, -0.25) is 4.79 Å². The molecule has 1 aliphatic heterocycles. The number of nitrogens with one attached hydrogen (secondary N) is 1. The molecule has 0 aromatic heterocycles. The summed E-state index contributed by atoms with van der Waals surface area (Å²) >= 11 is 0. The molecule has 2 N–H and O–H groups in total. The Morgan fingerprint density at radius 1 is 1.00 bits per heavy atom. The van der Waals surface area contributed by atoms with Crippen molar-refractivity contribution in [1.82, 2.24) is 5.43 Å². The minimum absolute atomic E-state index is 0.0873. The van der Waals surface area contributed by atoms with Crippen LogP contribution in [0.1, 0.15) is 15.9 Å². The molecule has 130 valence electrons. The van der Waals surface area contributed by atoms with Gasteiger partial charge in [0.05, 0.1) is 11.8 Å². The van der Waals surface area contributed by atoms with Crippen molar-refractivity contribution < 1.29 is 19.4 Å². The van der Waals surface area contributed by atoms with Crippen LogP contribution in [0.25, 0.3) is 10.8 Å². The van der Waals surface area contributed by atoms with E-state index in [4.69, 9.17) is 9.47 Å². The van der Waals surface area contributed by atoms with Gasteiger partial charge >= 0.3 is 0 Å². The van der Waals surface area contributed by atoms with Crippen LogP contribution in [0, 0.1) is 0 Å². The van der Waals surface area contributed by atoms with E-state index in [-0.39, 0.29) is 11.3 Å². The first kappa shape index (κ1) is 16.0. The first-order valence-corrected chi connectivity index (χ1v) is 8.15. The zero-order valence-corrected chi connectivity index (χ0v) is 13.8. The Hall–Kier alpha value is -3.54. The van der Waals surface area contributed by atoms with Crippen molar-refractivity contribution in [3.63, 3.8) is 0 Å². The van der Waals surface area contributed by atoms with Gasteiger partial charge in [0, 0.05) is 0 Å². The van der Waals surface area contributed by atoms with E-state index < -0.39 is 5.91 Å². The number of fused-ring (bicyclic) bond motifs is 2.